The molecule has 0 saturated carbocycles. The van der Waals surface area contributed by atoms with Crippen LogP contribution in [0.5, 0.6) is 0 Å². The fourth-order valence-electron chi connectivity index (χ4n) is 2.57. The molecule has 20 heavy (non-hydrogen) atoms. The summed E-state index contributed by atoms with van der Waals surface area (Å²) in [6, 6.07) is 0. The summed E-state index contributed by atoms with van der Waals surface area (Å²) in [4.78, 5) is 12.2. The summed E-state index contributed by atoms with van der Waals surface area (Å²) < 4.78 is 0. The van der Waals surface area contributed by atoms with E-state index in [4.69, 9.17) is 0 Å². The Morgan fingerprint density at radius 2 is 1.25 bits per heavy atom. The lowest BCUT2D eigenvalue weighted by molar-refractivity contribution is -0.125. The molecule has 1 N–H and O–H groups in total. The van der Waals surface area contributed by atoms with Crippen molar-refractivity contribution < 1.29 is 4.79 Å². The van der Waals surface area contributed by atoms with E-state index in [0.717, 1.165) is 32.2 Å². The van der Waals surface area contributed by atoms with Crippen molar-refractivity contribution in [2.45, 2.75) is 97.8 Å². The van der Waals surface area contributed by atoms with Crippen LogP contribution in [0.3, 0.4) is 0 Å². The molecule has 0 heterocycles. The molecule has 120 valence electrons. The second kappa shape index (κ2) is 14.9. The first-order valence-corrected chi connectivity index (χ1v) is 9.03. The van der Waals surface area contributed by atoms with Crippen molar-refractivity contribution in [2.24, 2.45) is 5.92 Å². The van der Waals surface area contributed by atoms with E-state index in [-0.39, 0.29) is 5.92 Å². The van der Waals surface area contributed by atoms with Gasteiger partial charge in [-0.2, -0.15) is 0 Å². The Balaban J connectivity index is 3.98. The van der Waals surface area contributed by atoms with Gasteiger partial charge in [-0.15, -0.1) is 0 Å². The molecular weight excluding hydrogens is 246 g/mol. The number of amides is 1. The summed E-state index contributed by atoms with van der Waals surface area (Å²) in [7, 11) is 0. The summed E-state index contributed by atoms with van der Waals surface area (Å²) in [5.74, 6) is 0.576. The predicted octanol–water partition coefficient (Wildman–Crippen LogP) is 5.46. The minimum absolute atomic E-state index is 0.264. The van der Waals surface area contributed by atoms with Crippen LogP contribution in [0.2, 0.25) is 0 Å². The Kier molecular flexibility index (Phi) is 14.5. The lowest BCUT2D eigenvalue weighted by Crippen LogP contribution is -2.31. The van der Waals surface area contributed by atoms with Gasteiger partial charge in [-0.1, -0.05) is 78.6 Å². The number of rotatable bonds is 14. The van der Waals surface area contributed by atoms with Gasteiger partial charge in [-0.25, -0.2) is 0 Å². The highest BCUT2D eigenvalue weighted by Gasteiger charge is 2.16. The van der Waals surface area contributed by atoms with E-state index in [1.807, 2.05) is 0 Å². The van der Waals surface area contributed by atoms with E-state index in [2.05, 4.69) is 26.1 Å². The molecule has 0 bridgehead atoms. The number of hydrogen-bond donors (Lipinski definition) is 1. The van der Waals surface area contributed by atoms with Crippen molar-refractivity contribution in [3.8, 4) is 0 Å². The lowest BCUT2D eigenvalue weighted by Gasteiger charge is -2.16. The molecule has 0 spiro atoms. The van der Waals surface area contributed by atoms with Crippen LogP contribution in [0.15, 0.2) is 0 Å². The van der Waals surface area contributed by atoms with Crippen molar-refractivity contribution in [3.05, 3.63) is 0 Å². The van der Waals surface area contributed by atoms with Gasteiger partial charge in [0.05, 0.1) is 0 Å². The van der Waals surface area contributed by atoms with Gasteiger partial charge in [0.2, 0.25) is 5.91 Å². The highest BCUT2D eigenvalue weighted by atomic mass is 16.1. The molecule has 0 fully saturated rings. The zero-order valence-corrected chi connectivity index (χ0v) is 14.2. The Bertz CT molecular complexity index is 203. The third-order valence-corrected chi connectivity index (χ3v) is 4.01. The smallest absolute Gasteiger partial charge is 0.223 e. The number of carbonyl (C=O) groups is 1. The van der Waals surface area contributed by atoms with Gasteiger partial charge in [0, 0.05) is 12.5 Å². The van der Waals surface area contributed by atoms with Gasteiger partial charge in [0.1, 0.15) is 0 Å². The average Bonchev–Trinajstić information content (AvgIpc) is 2.45. The van der Waals surface area contributed by atoms with Crippen LogP contribution >= 0.6 is 0 Å². The minimum atomic E-state index is 0.264. The summed E-state index contributed by atoms with van der Waals surface area (Å²) in [5, 5.41) is 3.13. The Hall–Kier alpha value is -0.530. The molecular formula is C18H37NO. The monoisotopic (exact) mass is 283 g/mol. The molecule has 0 radical (unpaired) electrons. The second-order valence-electron chi connectivity index (χ2n) is 6.04. The van der Waals surface area contributed by atoms with Crippen LogP contribution in [0, 0.1) is 5.92 Å². The lowest BCUT2D eigenvalue weighted by atomic mass is 9.93. The standard InChI is InChI=1S/C18H37NO/c1-4-7-10-12-14-17(15-13-11-8-5-2)18(20)19-16-9-6-3/h17H,4-16H2,1-3H3,(H,19,20). The van der Waals surface area contributed by atoms with Crippen molar-refractivity contribution in [3.63, 3.8) is 0 Å². The minimum Gasteiger partial charge on any atom is -0.356 e. The number of nitrogens with one attached hydrogen (secondary N) is 1. The Labute approximate surface area is 127 Å². The maximum atomic E-state index is 12.2. The first kappa shape index (κ1) is 19.5. The molecule has 0 aliphatic carbocycles. The normalized spacial score (nSPS) is 11.0. The molecule has 0 aliphatic rings. The summed E-state index contributed by atoms with van der Waals surface area (Å²) in [6.45, 7) is 7.49. The van der Waals surface area contributed by atoms with Crippen molar-refractivity contribution in [1.29, 1.82) is 0 Å². The maximum Gasteiger partial charge on any atom is 0.223 e. The Morgan fingerprint density at radius 1 is 0.750 bits per heavy atom. The summed E-state index contributed by atoms with van der Waals surface area (Å²) >= 11 is 0. The van der Waals surface area contributed by atoms with E-state index < -0.39 is 0 Å². The van der Waals surface area contributed by atoms with Gasteiger partial charge >= 0.3 is 0 Å². The molecule has 0 aromatic carbocycles. The van der Waals surface area contributed by atoms with E-state index >= 15 is 0 Å². The Morgan fingerprint density at radius 3 is 1.70 bits per heavy atom. The molecule has 0 aromatic heterocycles. The third kappa shape index (κ3) is 11.3. The number of unbranched alkanes of at least 4 members (excludes halogenated alkanes) is 7. The molecule has 0 aliphatic heterocycles. The summed E-state index contributed by atoms with van der Waals surface area (Å²) in [6.07, 6.45) is 14.6. The van der Waals surface area contributed by atoms with E-state index in [1.165, 1.54) is 51.4 Å². The highest BCUT2D eigenvalue weighted by molar-refractivity contribution is 5.78. The van der Waals surface area contributed by atoms with Gasteiger partial charge in [-0.3, -0.25) is 4.79 Å². The predicted molar refractivity (Wildman–Crippen MR) is 88.9 cm³/mol. The summed E-state index contributed by atoms with van der Waals surface area (Å²) in [5.41, 5.74) is 0. The zero-order valence-electron chi connectivity index (χ0n) is 14.2. The SMILES string of the molecule is CCCCCCC(CCCCCC)C(=O)NCCCC. The van der Waals surface area contributed by atoms with Crippen LogP contribution in [0.4, 0.5) is 0 Å². The van der Waals surface area contributed by atoms with Crippen LogP contribution in [0.25, 0.3) is 0 Å². The van der Waals surface area contributed by atoms with E-state index in [0.29, 0.717) is 5.91 Å². The van der Waals surface area contributed by atoms with E-state index in [1.54, 1.807) is 0 Å². The molecule has 0 saturated heterocycles. The highest BCUT2D eigenvalue weighted by Crippen LogP contribution is 2.18. The molecule has 2 heteroatoms. The largest absolute Gasteiger partial charge is 0.356 e. The van der Waals surface area contributed by atoms with Gasteiger partial charge in [-0.05, 0) is 19.3 Å². The fourth-order valence-corrected chi connectivity index (χ4v) is 2.57. The first-order chi connectivity index (χ1) is 9.76. The molecule has 0 atom stereocenters. The van der Waals surface area contributed by atoms with Crippen molar-refractivity contribution in [1.82, 2.24) is 5.32 Å². The first-order valence-electron chi connectivity index (χ1n) is 9.03. The van der Waals surface area contributed by atoms with E-state index in [9.17, 15) is 4.79 Å². The zero-order chi connectivity index (χ0) is 15.1. The quantitative estimate of drug-likeness (QED) is 0.421. The van der Waals surface area contributed by atoms with Crippen LogP contribution in [-0.2, 0) is 4.79 Å². The van der Waals surface area contributed by atoms with Crippen LogP contribution < -0.4 is 5.32 Å². The fraction of sp³-hybridized carbons (Fsp3) is 0.944. The number of hydrogen-bond acceptors (Lipinski definition) is 1. The third-order valence-electron chi connectivity index (χ3n) is 4.01. The van der Waals surface area contributed by atoms with Crippen molar-refractivity contribution in [2.75, 3.05) is 6.54 Å². The molecule has 0 unspecified atom stereocenters. The topological polar surface area (TPSA) is 29.1 Å². The molecule has 0 aromatic rings. The van der Waals surface area contributed by atoms with Crippen LogP contribution in [0.1, 0.15) is 97.8 Å². The second-order valence-corrected chi connectivity index (χ2v) is 6.04. The van der Waals surface area contributed by atoms with Crippen LogP contribution in [-0.4, -0.2) is 12.5 Å². The maximum absolute atomic E-state index is 12.2. The molecule has 2 nitrogen and oxygen atoms in total. The van der Waals surface area contributed by atoms with Crippen molar-refractivity contribution >= 4 is 5.91 Å². The van der Waals surface area contributed by atoms with Gasteiger partial charge in [0.15, 0.2) is 0 Å². The number of carbonyl (C=O) groups excluding carboxylic acids is 1. The van der Waals surface area contributed by atoms with Gasteiger partial charge in [0.25, 0.3) is 0 Å². The molecule has 1 amide bonds. The van der Waals surface area contributed by atoms with Gasteiger partial charge < -0.3 is 5.32 Å². The average molecular weight is 284 g/mol. The molecule has 0 rings (SSSR count).